The molecule has 2 aliphatic rings. The van der Waals surface area contributed by atoms with E-state index in [0.717, 1.165) is 12.5 Å². The Balaban J connectivity index is 1.68. The summed E-state index contributed by atoms with van der Waals surface area (Å²) in [6.45, 7) is 9.14. The molecule has 1 N–H and O–H groups in total. The molecular formula is C17H29N3S. The van der Waals surface area contributed by atoms with Gasteiger partial charge in [0.05, 0.1) is 6.04 Å². The van der Waals surface area contributed by atoms with Crippen molar-refractivity contribution in [2.75, 3.05) is 13.1 Å². The molecule has 2 heterocycles. The molecule has 0 amide bonds. The number of hydrogen-bond donors (Lipinski definition) is 1. The smallest absolute Gasteiger partial charge is 0.110 e. The maximum absolute atomic E-state index is 4.62. The first-order chi connectivity index (χ1) is 10.1. The summed E-state index contributed by atoms with van der Waals surface area (Å²) in [7, 11) is 0. The van der Waals surface area contributed by atoms with Crippen molar-refractivity contribution in [2.24, 2.45) is 5.92 Å². The molecule has 1 saturated carbocycles. The molecule has 1 aromatic rings. The molecule has 21 heavy (non-hydrogen) atoms. The van der Waals surface area contributed by atoms with Gasteiger partial charge in [0.1, 0.15) is 5.01 Å². The molecule has 1 saturated heterocycles. The normalized spacial score (nSPS) is 30.4. The molecule has 0 aromatic carbocycles. The number of thiazole rings is 1. The van der Waals surface area contributed by atoms with Crippen molar-refractivity contribution >= 4 is 11.3 Å². The van der Waals surface area contributed by atoms with Crippen LogP contribution in [0.1, 0.15) is 61.9 Å². The molecule has 3 atom stereocenters. The fourth-order valence-corrected chi connectivity index (χ4v) is 4.86. The van der Waals surface area contributed by atoms with Gasteiger partial charge in [0.2, 0.25) is 0 Å². The maximum atomic E-state index is 4.62. The molecule has 3 nitrogen and oxygen atoms in total. The zero-order valence-electron chi connectivity index (χ0n) is 13.6. The number of piperazine rings is 1. The fraction of sp³-hybridized carbons (Fsp3) is 0.824. The van der Waals surface area contributed by atoms with Crippen molar-refractivity contribution in [1.82, 2.24) is 15.2 Å². The summed E-state index contributed by atoms with van der Waals surface area (Å²) < 4.78 is 0. The second kappa shape index (κ2) is 6.76. The zero-order valence-corrected chi connectivity index (χ0v) is 14.5. The van der Waals surface area contributed by atoms with Gasteiger partial charge in [0.25, 0.3) is 0 Å². The highest BCUT2D eigenvalue weighted by Gasteiger charge is 2.34. The third-order valence-corrected chi connectivity index (χ3v) is 6.45. The Morgan fingerprint density at radius 1 is 1.33 bits per heavy atom. The zero-order chi connectivity index (χ0) is 14.8. The fourth-order valence-electron chi connectivity index (χ4n) is 4.01. The first kappa shape index (κ1) is 15.4. The van der Waals surface area contributed by atoms with Crippen LogP contribution in [0.4, 0.5) is 0 Å². The van der Waals surface area contributed by atoms with Crippen molar-refractivity contribution in [3.63, 3.8) is 0 Å². The average molecular weight is 308 g/mol. The topological polar surface area (TPSA) is 28.2 Å². The van der Waals surface area contributed by atoms with Crippen LogP contribution in [0.2, 0.25) is 0 Å². The van der Waals surface area contributed by atoms with Gasteiger partial charge in [-0.15, -0.1) is 11.3 Å². The van der Waals surface area contributed by atoms with E-state index in [1.54, 1.807) is 0 Å². The van der Waals surface area contributed by atoms with Crippen LogP contribution in [0.25, 0.3) is 0 Å². The summed E-state index contributed by atoms with van der Waals surface area (Å²) >= 11 is 1.86. The number of aryl methyl sites for hydroxylation is 1. The lowest BCUT2D eigenvalue weighted by molar-refractivity contribution is 0.0717. The monoisotopic (exact) mass is 307 g/mol. The molecule has 0 radical (unpaired) electrons. The van der Waals surface area contributed by atoms with E-state index >= 15 is 0 Å². The molecule has 0 spiro atoms. The Morgan fingerprint density at radius 2 is 2.10 bits per heavy atom. The first-order valence-electron chi connectivity index (χ1n) is 8.56. The van der Waals surface area contributed by atoms with Gasteiger partial charge in [0.15, 0.2) is 0 Å². The van der Waals surface area contributed by atoms with Gasteiger partial charge >= 0.3 is 0 Å². The molecular weight excluding hydrogens is 278 g/mol. The summed E-state index contributed by atoms with van der Waals surface area (Å²) in [5, 5.41) is 5.10. The number of hydrogen-bond acceptors (Lipinski definition) is 4. The van der Waals surface area contributed by atoms with Crippen LogP contribution in [0.3, 0.4) is 0 Å². The number of nitrogens with one attached hydrogen (secondary N) is 1. The minimum atomic E-state index is 0.451. The Hall–Kier alpha value is -0.450. The van der Waals surface area contributed by atoms with Gasteiger partial charge in [-0.1, -0.05) is 19.3 Å². The van der Waals surface area contributed by atoms with Gasteiger partial charge in [-0.05, 0) is 39.5 Å². The third kappa shape index (κ3) is 3.49. The predicted molar refractivity (Wildman–Crippen MR) is 89.8 cm³/mol. The van der Waals surface area contributed by atoms with Gasteiger partial charge in [0, 0.05) is 36.2 Å². The lowest BCUT2D eigenvalue weighted by atomic mass is 9.82. The molecule has 118 valence electrons. The van der Waals surface area contributed by atoms with Crippen LogP contribution in [0, 0.1) is 12.8 Å². The average Bonchev–Trinajstić information content (AvgIpc) is 2.94. The molecule has 1 aliphatic carbocycles. The van der Waals surface area contributed by atoms with Crippen molar-refractivity contribution in [3.05, 3.63) is 16.1 Å². The Bertz CT molecular complexity index is 453. The predicted octanol–water partition coefficient (Wildman–Crippen LogP) is 3.76. The van der Waals surface area contributed by atoms with Crippen LogP contribution in [0.15, 0.2) is 6.20 Å². The lowest BCUT2D eigenvalue weighted by Crippen LogP contribution is -2.58. The molecule has 1 aromatic heterocycles. The minimum absolute atomic E-state index is 0.451. The van der Waals surface area contributed by atoms with E-state index in [-0.39, 0.29) is 0 Å². The number of rotatable bonds is 3. The molecule has 1 aliphatic heterocycles. The highest BCUT2D eigenvalue weighted by atomic mass is 32.1. The second-order valence-electron chi connectivity index (χ2n) is 6.94. The summed E-state index contributed by atoms with van der Waals surface area (Å²) in [4.78, 5) is 8.62. The second-order valence-corrected chi connectivity index (χ2v) is 8.21. The van der Waals surface area contributed by atoms with Crippen LogP contribution in [-0.2, 0) is 0 Å². The van der Waals surface area contributed by atoms with E-state index in [1.807, 2.05) is 17.5 Å². The Morgan fingerprint density at radius 3 is 2.76 bits per heavy atom. The van der Waals surface area contributed by atoms with Crippen molar-refractivity contribution < 1.29 is 0 Å². The molecule has 2 fully saturated rings. The molecule has 3 rings (SSSR count). The van der Waals surface area contributed by atoms with Crippen LogP contribution in [0.5, 0.6) is 0 Å². The van der Waals surface area contributed by atoms with E-state index in [2.05, 4.69) is 36.0 Å². The van der Waals surface area contributed by atoms with E-state index < -0.39 is 0 Å². The van der Waals surface area contributed by atoms with Crippen molar-refractivity contribution in [1.29, 1.82) is 0 Å². The third-order valence-electron chi connectivity index (χ3n) is 5.36. The van der Waals surface area contributed by atoms with Gasteiger partial charge in [-0.2, -0.15) is 0 Å². The standard InChI is InChI=1S/C17H29N3S/c1-12-9-18-16(15-7-5-4-6-8-15)11-20(12)14(3)17-19-10-13(2)21-17/h10,12,14-16,18H,4-9,11H2,1-3H3. The van der Waals surface area contributed by atoms with Crippen LogP contribution >= 0.6 is 11.3 Å². The molecule has 4 heteroatoms. The van der Waals surface area contributed by atoms with Crippen LogP contribution < -0.4 is 5.32 Å². The van der Waals surface area contributed by atoms with E-state index in [1.165, 1.54) is 48.5 Å². The summed E-state index contributed by atoms with van der Waals surface area (Å²) in [5.41, 5.74) is 0. The Kier molecular flexibility index (Phi) is 4.97. The van der Waals surface area contributed by atoms with E-state index in [4.69, 9.17) is 0 Å². The molecule has 3 unspecified atom stereocenters. The highest BCUT2D eigenvalue weighted by molar-refractivity contribution is 7.11. The summed E-state index contributed by atoms with van der Waals surface area (Å²) in [6, 6.07) is 1.74. The van der Waals surface area contributed by atoms with Crippen molar-refractivity contribution in [2.45, 2.75) is 71.0 Å². The highest BCUT2D eigenvalue weighted by Crippen LogP contribution is 2.32. The van der Waals surface area contributed by atoms with Gasteiger partial charge in [-0.25, -0.2) is 4.98 Å². The number of aromatic nitrogens is 1. The first-order valence-corrected chi connectivity index (χ1v) is 9.38. The quantitative estimate of drug-likeness (QED) is 0.921. The lowest BCUT2D eigenvalue weighted by Gasteiger charge is -2.45. The number of nitrogens with zero attached hydrogens (tertiary/aromatic N) is 2. The molecule has 0 bridgehead atoms. The van der Waals surface area contributed by atoms with Crippen molar-refractivity contribution in [3.8, 4) is 0 Å². The largest absolute Gasteiger partial charge is 0.311 e. The van der Waals surface area contributed by atoms with Crippen LogP contribution in [-0.4, -0.2) is 35.1 Å². The van der Waals surface area contributed by atoms with E-state index in [0.29, 0.717) is 18.1 Å². The van der Waals surface area contributed by atoms with Gasteiger partial charge < -0.3 is 5.32 Å². The minimum Gasteiger partial charge on any atom is -0.311 e. The SMILES string of the molecule is Cc1cnc(C(C)N2CC(C3CCCCC3)NCC2C)s1. The Labute approximate surface area is 133 Å². The van der Waals surface area contributed by atoms with Gasteiger partial charge in [-0.3, -0.25) is 4.90 Å². The maximum Gasteiger partial charge on any atom is 0.110 e. The summed E-state index contributed by atoms with van der Waals surface area (Å²) in [6.07, 6.45) is 9.16. The summed E-state index contributed by atoms with van der Waals surface area (Å²) in [5.74, 6) is 0.888. The van der Waals surface area contributed by atoms with E-state index in [9.17, 15) is 0 Å².